The van der Waals surface area contributed by atoms with Crippen molar-refractivity contribution >= 4 is 23.2 Å². The number of hydrogen-bond donors (Lipinski definition) is 1. The second-order valence-corrected chi connectivity index (χ2v) is 3.55. The van der Waals surface area contributed by atoms with Crippen molar-refractivity contribution in [2.75, 3.05) is 11.2 Å². The number of amides is 1. The maximum absolute atomic E-state index is 13.4. The summed E-state index contributed by atoms with van der Waals surface area (Å²) in [6.45, 7) is 1.15. The third-order valence-corrected chi connectivity index (χ3v) is 2.33. The van der Waals surface area contributed by atoms with Gasteiger partial charge in [0.2, 0.25) is 5.91 Å². The molecule has 0 spiro atoms. The monoisotopic (exact) mass is 269 g/mol. The highest BCUT2D eigenvalue weighted by Gasteiger charge is 2.35. The molecule has 1 amide bonds. The Bertz CT molecular complexity index is 445. The summed E-state index contributed by atoms with van der Waals surface area (Å²) in [6, 6.07) is 1.57. The van der Waals surface area contributed by atoms with Crippen molar-refractivity contribution in [3.8, 4) is 0 Å². The molecule has 0 radical (unpaired) electrons. The number of alkyl halides is 4. The molecule has 0 aliphatic rings. The van der Waals surface area contributed by atoms with Crippen LogP contribution in [-0.4, -0.2) is 11.8 Å². The van der Waals surface area contributed by atoms with Crippen molar-refractivity contribution < 1.29 is 22.4 Å². The molecule has 0 unspecified atom stereocenters. The van der Waals surface area contributed by atoms with Gasteiger partial charge in [0.05, 0.1) is 5.56 Å². The van der Waals surface area contributed by atoms with Crippen LogP contribution in [0.1, 0.15) is 11.1 Å². The molecule has 1 aromatic carbocycles. The number of rotatable bonds is 2. The minimum absolute atomic E-state index is 0.0267. The highest BCUT2D eigenvalue weighted by molar-refractivity contribution is 6.29. The summed E-state index contributed by atoms with van der Waals surface area (Å²) in [5.74, 6) is -2.37. The Labute approximate surface area is 99.6 Å². The number of halogens is 5. The Morgan fingerprint density at radius 1 is 1.41 bits per heavy atom. The Hall–Kier alpha value is -1.30. The summed E-state index contributed by atoms with van der Waals surface area (Å²) in [5.41, 5.74) is -1.67. The fourth-order valence-corrected chi connectivity index (χ4v) is 1.29. The van der Waals surface area contributed by atoms with Gasteiger partial charge in [-0.1, -0.05) is 0 Å². The molecular formula is C10H8ClF4NO. The number of carbonyl (C=O) groups excluding carboxylic acids is 1. The van der Waals surface area contributed by atoms with Crippen molar-refractivity contribution in [1.29, 1.82) is 0 Å². The van der Waals surface area contributed by atoms with E-state index in [9.17, 15) is 22.4 Å². The molecule has 0 atom stereocenters. The van der Waals surface area contributed by atoms with Crippen molar-refractivity contribution in [3.63, 3.8) is 0 Å². The Balaban J connectivity index is 3.15. The summed E-state index contributed by atoms with van der Waals surface area (Å²) >= 11 is 5.21. The molecule has 0 aromatic heterocycles. The van der Waals surface area contributed by atoms with E-state index in [-0.39, 0.29) is 17.1 Å². The maximum Gasteiger partial charge on any atom is 0.419 e. The van der Waals surface area contributed by atoms with Gasteiger partial charge in [-0.15, -0.1) is 11.6 Å². The highest BCUT2D eigenvalue weighted by atomic mass is 35.5. The number of anilines is 1. The van der Waals surface area contributed by atoms with Crippen LogP contribution < -0.4 is 5.32 Å². The van der Waals surface area contributed by atoms with E-state index in [2.05, 4.69) is 5.32 Å². The molecule has 94 valence electrons. The van der Waals surface area contributed by atoms with Crippen LogP contribution in [0.25, 0.3) is 0 Å². The third-order valence-electron chi connectivity index (χ3n) is 2.09. The Kier molecular flexibility index (Phi) is 3.98. The number of hydrogen-bond acceptors (Lipinski definition) is 1. The Morgan fingerprint density at radius 3 is 2.47 bits per heavy atom. The molecule has 7 heteroatoms. The van der Waals surface area contributed by atoms with Gasteiger partial charge in [-0.25, -0.2) is 4.39 Å². The largest absolute Gasteiger partial charge is 0.419 e. The molecule has 0 fully saturated rings. The van der Waals surface area contributed by atoms with Crippen LogP contribution in [0.3, 0.4) is 0 Å². The van der Waals surface area contributed by atoms with Crippen molar-refractivity contribution in [2.45, 2.75) is 13.1 Å². The molecular weight excluding hydrogens is 262 g/mol. The first-order valence-electron chi connectivity index (χ1n) is 4.49. The zero-order valence-corrected chi connectivity index (χ0v) is 9.42. The number of carbonyl (C=O) groups is 1. The summed E-state index contributed by atoms with van der Waals surface area (Å²) in [4.78, 5) is 10.9. The molecule has 0 aliphatic heterocycles. The number of nitrogens with one attached hydrogen (secondary N) is 1. The minimum Gasteiger partial charge on any atom is -0.325 e. The second-order valence-electron chi connectivity index (χ2n) is 3.28. The predicted octanol–water partition coefficient (Wildman–Crippen LogP) is 3.33. The van der Waals surface area contributed by atoms with Gasteiger partial charge in [0, 0.05) is 11.3 Å². The zero-order valence-electron chi connectivity index (χ0n) is 8.66. The van der Waals surface area contributed by atoms with E-state index in [4.69, 9.17) is 11.6 Å². The van der Waals surface area contributed by atoms with Crippen LogP contribution in [0.2, 0.25) is 0 Å². The highest BCUT2D eigenvalue weighted by Crippen LogP contribution is 2.34. The van der Waals surface area contributed by atoms with Gasteiger partial charge in [-0.3, -0.25) is 4.79 Å². The van der Waals surface area contributed by atoms with Crippen LogP contribution >= 0.6 is 11.6 Å². The smallest absolute Gasteiger partial charge is 0.325 e. The molecule has 0 saturated carbocycles. The molecule has 0 saturated heterocycles. The van der Waals surface area contributed by atoms with E-state index >= 15 is 0 Å². The standard InChI is InChI=1S/C10H8ClF4NO/c1-5-7(16-8(17)4-11)3-2-6(9(5)12)10(13,14)15/h2-3H,4H2,1H3,(H,16,17). The number of benzene rings is 1. The molecule has 1 rings (SSSR count). The van der Waals surface area contributed by atoms with E-state index < -0.39 is 23.5 Å². The molecule has 0 aliphatic carbocycles. The lowest BCUT2D eigenvalue weighted by molar-refractivity contribution is -0.140. The topological polar surface area (TPSA) is 29.1 Å². The quantitative estimate of drug-likeness (QED) is 0.647. The zero-order chi connectivity index (χ0) is 13.2. The SMILES string of the molecule is Cc1c(NC(=O)CCl)ccc(C(F)(F)F)c1F. The van der Waals surface area contributed by atoms with Crippen molar-refractivity contribution in [3.05, 3.63) is 29.1 Å². The molecule has 0 bridgehead atoms. The van der Waals surface area contributed by atoms with Crippen LogP contribution in [-0.2, 0) is 11.0 Å². The van der Waals surface area contributed by atoms with Crippen molar-refractivity contribution in [1.82, 2.24) is 0 Å². The molecule has 17 heavy (non-hydrogen) atoms. The summed E-state index contributed by atoms with van der Waals surface area (Å²) in [5, 5.41) is 2.20. The average Bonchev–Trinajstić information content (AvgIpc) is 2.22. The first-order chi connectivity index (χ1) is 7.77. The van der Waals surface area contributed by atoms with Crippen LogP contribution in [0.4, 0.5) is 23.2 Å². The van der Waals surface area contributed by atoms with E-state index in [1.165, 1.54) is 0 Å². The van der Waals surface area contributed by atoms with Crippen LogP contribution in [0, 0.1) is 12.7 Å². The maximum atomic E-state index is 13.4. The van der Waals surface area contributed by atoms with Gasteiger partial charge in [0.1, 0.15) is 11.7 Å². The fraction of sp³-hybridized carbons (Fsp3) is 0.300. The van der Waals surface area contributed by atoms with E-state index in [0.29, 0.717) is 6.07 Å². The van der Waals surface area contributed by atoms with Crippen LogP contribution in [0.15, 0.2) is 12.1 Å². The average molecular weight is 270 g/mol. The van der Waals surface area contributed by atoms with Gasteiger partial charge in [0.15, 0.2) is 0 Å². The van der Waals surface area contributed by atoms with E-state index in [1.807, 2.05) is 0 Å². The fourth-order valence-electron chi connectivity index (χ4n) is 1.22. The van der Waals surface area contributed by atoms with Crippen LogP contribution in [0.5, 0.6) is 0 Å². The molecule has 1 N–H and O–H groups in total. The van der Waals surface area contributed by atoms with E-state index in [1.54, 1.807) is 0 Å². The first kappa shape index (κ1) is 13.8. The third kappa shape index (κ3) is 3.09. The normalized spacial score (nSPS) is 11.4. The predicted molar refractivity (Wildman–Crippen MR) is 55.5 cm³/mol. The van der Waals surface area contributed by atoms with Crippen molar-refractivity contribution in [2.24, 2.45) is 0 Å². The summed E-state index contributed by atoms with van der Waals surface area (Å²) in [7, 11) is 0. The van der Waals surface area contributed by atoms with Gasteiger partial charge in [-0.05, 0) is 19.1 Å². The minimum atomic E-state index is -4.76. The summed E-state index contributed by atoms with van der Waals surface area (Å²) < 4.78 is 50.4. The van der Waals surface area contributed by atoms with Gasteiger partial charge < -0.3 is 5.32 Å². The lowest BCUT2D eigenvalue weighted by atomic mass is 10.1. The van der Waals surface area contributed by atoms with Gasteiger partial charge in [0.25, 0.3) is 0 Å². The Morgan fingerprint density at radius 2 is 2.00 bits per heavy atom. The molecule has 0 heterocycles. The first-order valence-corrected chi connectivity index (χ1v) is 5.03. The van der Waals surface area contributed by atoms with Gasteiger partial charge >= 0.3 is 6.18 Å². The lowest BCUT2D eigenvalue weighted by Gasteiger charge is -2.13. The summed E-state index contributed by atoms with van der Waals surface area (Å²) in [6.07, 6.45) is -4.76. The van der Waals surface area contributed by atoms with E-state index in [0.717, 1.165) is 13.0 Å². The lowest BCUT2D eigenvalue weighted by Crippen LogP contribution is -2.16. The second kappa shape index (κ2) is 4.91. The molecule has 1 aromatic rings. The van der Waals surface area contributed by atoms with Gasteiger partial charge in [-0.2, -0.15) is 13.2 Å². The molecule has 2 nitrogen and oxygen atoms in total.